The summed E-state index contributed by atoms with van der Waals surface area (Å²) in [5, 5.41) is 0. The Kier molecular flexibility index (Phi) is 10.8. The Bertz CT molecular complexity index is 885. The van der Waals surface area contributed by atoms with Crippen molar-refractivity contribution in [1.82, 2.24) is 0 Å². The molecule has 0 atom stereocenters. The largest absolute Gasteiger partial charge is 0.460 e. The highest BCUT2D eigenvalue weighted by molar-refractivity contribution is 5.71. The summed E-state index contributed by atoms with van der Waals surface area (Å²) in [7, 11) is 1.57. The van der Waals surface area contributed by atoms with E-state index < -0.39 is 0 Å². The lowest BCUT2D eigenvalue weighted by Crippen LogP contribution is -1.86. The fourth-order valence-electron chi connectivity index (χ4n) is 1.85. The zero-order chi connectivity index (χ0) is 21.5. The number of methoxy groups -OCH3 is 1. The Labute approximate surface area is 166 Å². The smallest absolute Gasteiger partial charge is 0.293 e. The average molecular weight is 404 g/mol. The first-order valence-electron chi connectivity index (χ1n) is 8.19. The molecule has 0 spiro atoms. The topological polar surface area (TPSA) is 126 Å². The van der Waals surface area contributed by atoms with Crippen LogP contribution in [0.25, 0.3) is 0 Å². The molecule has 0 unspecified atom stereocenters. The van der Waals surface area contributed by atoms with Crippen LogP contribution < -0.4 is 0 Å². The Morgan fingerprint density at radius 1 is 0.724 bits per heavy atom. The Morgan fingerprint density at radius 2 is 1.21 bits per heavy atom. The maximum absolute atomic E-state index is 10.1. The number of furan rings is 3. The molecular weight excluding hydrogens is 384 g/mol. The zero-order valence-corrected chi connectivity index (χ0v) is 15.9. The maximum Gasteiger partial charge on any atom is 0.293 e. The minimum Gasteiger partial charge on any atom is -0.460 e. The van der Waals surface area contributed by atoms with Crippen molar-refractivity contribution in [1.29, 1.82) is 0 Å². The van der Waals surface area contributed by atoms with Crippen molar-refractivity contribution < 1.29 is 41.9 Å². The summed E-state index contributed by atoms with van der Waals surface area (Å²) in [6, 6.07) is 9.81. The Morgan fingerprint density at radius 3 is 1.55 bits per heavy atom. The first-order valence-corrected chi connectivity index (χ1v) is 8.19. The zero-order valence-electron chi connectivity index (χ0n) is 15.9. The van der Waals surface area contributed by atoms with Crippen LogP contribution in [0.15, 0.2) is 49.6 Å². The molecule has 9 heteroatoms. The van der Waals surface area contributed by atoms with E-state index in [1.807, 2.05) is 0 Å². The summed E-state index contributed by atoms with van der Waals surface area (Å²) >= 11 is 0. The SMILES string of the molecule is COCc1ccc(C=O)o1.Cc1ccc(C=O)o1.O=COCc1ccc(C=O)o1. The number of rotatable bonds is 8. The highest BCUT2D eigenvalue weighted by Gasteiger charge is 1.99. The van der Waals surface area contributed by atoms with Gasteiger partial charge in [-0.15, -0.1) is 0 Å². The number of aldehydes is 3. The van der Waals surface area contributed by atoms with E-state index in [9.17, 15) is 19.2 Å². The van der Waals surface area contributed by atoms with Crippen molar-refractivity contribution in [3.8, 4) is 0 Å². The predicted octanol–water partition coefficient (Wildman–Crippen LogP) is 3.40. The molecule has 0 radical (unpaired) electrons. The summed E-state index contributed by atoms with van der Waals surface area (Å²) in [5.74, 6) is 2.86. The number of ether oxygens (including phenoxy) is 2. The second-order valence-electron chi connectivity index (χ2n) is 5.25. The minimum absolute atomic E-state index is 0.0668. The lowest BCUT2D eigenvalue weighted by atomic mass is 10.4. The van der Waals surface area contributed by atoms with E-state index in [2.05, 4.69) is 4.74 Å². The first kappa shape index (κ1) is 23.3. The molecule has 9 nitrogen and oxygen atoms in total. The predicted molar refractivity (Wildman–Crippen MR) is 98.6 cm³/mol. The van der Waals surface area contributed by atoms with Crippen LogP contribution in [0, 0.1) is 6.92 Å². The van der Waals surface area contributed by atoms with Crippen molar-refractivity contribution >= 4 is 25.3 Å². The lowest BCUT2D eigenvalue weighted by Gasteiger charge is -1.90. The normalized spacial score (nSPS) is 9.31. The van der Waals surface area contributed by atoms with Crippen LogP contribution in [-0.2, 0) is 27.5 Å². The van der Waals surface area contributed by atoms with Crippen LogP contribution in [0.5, 0.6) is 0 Å². The second-order valence-corrected chi connectivity index (χ2v) is 5.25. The van der Waals surface area contributed by atoms with Gasteiger partial charge in [0.05, 0.1) is 0 Å². The van der Waals surface area contributed by atoms with Crippen LogP contribution in [0.3, 0.4) is 0 Å². The van der Waals surface area contributed by atoms with Crippen LogP contribution in [0.2, 0.25) is 0 Å². The van der Waals surface area contributed by atoms with Gasteiger partial charge in [-0.25, -0.2) is 0 Å². The standard InChI is InChI=1S/C7H6O4.C7H8O3.C6H6O2/c8-3-6-1-2-7(11-6)4-10-5-9;1-9-5-7-3-2-6(4-8)10-7;1-5-2-3-6(4-7)8-5/h1-3,5H,4H2;2-4H,5H2,1H3;2-4H,1H3. The van der Waals surface area contributed by atoms with Crippen molar-refractivity contribution in [2.45, 2.75) is 20.1 Å². The molecule has 0 saturated heterocycles. The van der Waals surface area contributed by atoms with Gasteiger partial charge in [0.1, 0.15) is 30.5 Å². The van der Waals surface area contributed by atoms with E-state index in [0.717, 1.165) is 5.76 Å². The molecule has 3 heterocycles. The third-order valence-corrected chi connectivity index (χ3v) is 3.05. The fraction of sp³-hybridized carbons (Fsp3) is 0.200. The van der Waals surface area contributed by atoms with E-state index in [0.29, 0.717) is 55.0 Å². The summed E-state index contributed by atoms with van der Waals surface area (Å²) in [4.78, 5) is 39.8. The molecule has 0 amide bonds. The lowest BCUT2D eigenvalue weighted by molar-refractivity contribution is -0.130. The molecule has 0 aliphatic rings. The van der Waals surface area contributed by atoms with Crippen LogP contribution in [0.4, 0.5) is 0 Å². The molecule has 0 aliphatic heterocycles. The van der Waals surface area contributed by atoms with Gasteiger partial charge in [0, 0.05) is 7.11 Å². The molecule has 0 bridgehead atoms. The minimum atomic E-state index is 0.0668. The third kappa shape index (κ3) is 9.16. The van der Waals surface area contributed by atoms with Crippen LogP contribution >= 0.6 is 0 Å². The van der Waals surface area contributed by atoms with Crippen LogP contribution in [-0.4, -0.2) is 32.4 Å². The van der Waals surface area contributed by atoms with E-state index in [-0.39, 0.29) is 12.4 Å². The molecule has 0 aliphatic carbocycles. The van der Waals surface area contributed by atoms with Gasteiger partial charge >= 0.3 is 0 Å². The van der Waals surface area contributed by atoms with Gasteiger partial charge in [-0.05, 0) is 43.3 Å². The highest BCUT2D eigenvalue weighted by Crippen LogP contribution is 2.06. The number of carbonyl (C=O) groups excluding carboxylic acids is 4. The molecule has 0 aromatic carbocycles. The maximum atomic E-state index is 10.1. The van der Waals surface area contributed by atoms with Gasteiger partial charge in [0.2, 0.25) is 0 Å². The molecule has 29 heavy (non-hydrogen) atoms. The summed E-state index contributed by atoms with van der Waals surface area (Å²) in [5.41, 5.74) is 0. The van der Waals surface area contributed by atoms with E-state index in [4.69, 9.17) is 18.0 Å². The molecule has 3 rings (SSSR count). The van der Waals surface area contributed by atoms with Crippen molar-refractivity contribution in [3.63, 3.8) is 0 Å². The number of hydrogen-bond donors (Lipinski definition) is 0. The summed E-state index contributed by atoms with van der Waals surface area (Å²) < 4.78 is 23.9. The van der Waals surface area contributed by atoms with E-state index in [1.165, 1.54) is 6.07 Å². The Balaban J connectivity index is 0.000000220. The highest BCUT2D eigenvalue weighted by atomic mass is 16.5. The summed E-state index contributed by atoms with van der Waals surface area (Å²) in [6.07, 6.45) is 1.94. The monoisotopic (exact) mass is 404 g/mol. The van der Waals surface area contributed by atoms with Crippen molar-refractivity contribution in [2.75, 3.05) is 7.11 Å². The van der Waals surface area contributed by atoms with Gasteiger partial charge in [0.15, 0.2) is 36.1 Å². The first-order chi connectivity index (χ1) is 14.1. The van der Waals surface area contributed by atoms with Gasteiger partial charge in [-0.3, -0.25) is 19.2 Å². The third-order valence-electron chi connectivity index (χ3n) is 3.05. The van der Waals surface area contributed by atoms with Gasteiger partial charge < -0.3 is 22.7 Å². The average Bonchev–Trinajstić information content (AvgIpc) is 3.48. The van der Waals surface area contributed by atoms with E-state index >= 15 is 0 Å². The van der Waals surface area contributed by atoms with Crippen molar-refractivity contribution in [2.24, 2.45) is 0 Å². The number of hydrogen-bond acceptors (Lipinski definition) is 9. The molecule has 3 aromatic heterocycles. The van der Waals surface area contributed by atoms with Gasteiger partial charge in [-0.1, -0.05) is 0 Å². The van der Waals surface area contributed by atoms with Crippen LogP contribution in [0.1, 0.15) is 48.9 Å². The quantitative estimate of drug-likeness (QED) is 0.519. The fourth-order valence-corrected chi connectivity index (χ4v) is 1.85. The van der Waals surface area contributed by atoms with Gasteiger partial charge in [-0.2, -0.15) is 0 Å². The van der Waals surface area contributed by atoms with E-state index in [1.54, 1.807) is 44.4 Å². The Hall–Kier alpha value is -3.72. The second kappa shape index (κ2) is 13.4. The molecule has 3 aromatic rings. The molecule has 0 saturated carbocycles. The molecule has 0 N–H and O–H groups in total. The molecule has 0 fully saturated rings. The number of carbonyl (C=O) groups is 4. The van der Waals surface area contributed by atoms with Gasteiger partial charge in [0.25, 0.3) is 6.47 Å². The summed E-state index contributed by atoms with van der Waals surface area (Å²) in [6.45, 7) is 2.60. The number of aryl methyl sites for hydroxylation is 1. The molecule has 154 valence electrons. The molecular formula is C20H20O9. The van der Waals surface area contributed by atoms with Crippen molar-refractivity contribution in [3.05, 3.63) is 71.0 Å².